The SMILES string of the molecule is CCOC(=O)Oc1c2ccc(CC(=O)NOCC(O)CO)ccc-2c(OC(=O)OCC)c1N. The van der Waals surface area contributed by atoms with Crippen LogP contribution in [0.4, 0.5) is 15.3 Å². The Morgan fingerprint density at radius 2 is 1.48 bits per heavy atom. The Balaban J connectivity index is 2.32. The van der Waals surface area contributed by atoms with Crippen molar-refractivity contribution >= 4 is 23.9 Å². The van der Waals surface area contributed by atoms with Crippen LogP contribution in [0.25, 0.3) is 11.1 Å². The van der Waals surface area contributed by atoms with E-state index in [4.69, 9.17) is 34.6 Å². The number of aliphatic hydroxyl groups excluding tert-OH is 2. The molecule has 12 heteroatoms. The highest BCUT2D eigenvalue weighted by atomic mass is 16.7. The summed E-state index contributed by atoms with van der Waals surface area (Å²) in [5, 5.41) is 18.0. The summed E-state index contributed by atoms with van der Waals surface area (Å²) in [6, 6.07) is 6.24. The molecule has 0 aromatic heterocycles. The fourth-order valence-electron chi connectivity index (χ4n) is 2.70. The second-order valence-corrected chi connectivity index (χ2v) is 6.56. The third-order valence-electron chi connectivity index (χ3n) is 4.13. The molecule has 1 atom stereocenters. The first-order chi connectivity index (χ1) is 15.8. The Labute approximate surface area is 189 Å². The number of ether oxygens (including phenoxy) is 4. The van der Waals surface area contributed by atoms with Crippen LogP contribution in [0.15, 0.2) is 24.3 Å². The molecule has 0 saturated heterocycles. The van der Waals surface area contributed by atoms with Crippen molar-refractivity contribution in [2.24, 2.45) is 0 Å². The van der Waals surface area contributed by atoms with E-state index < -0.39 is 30.9 Å². The third-order valence-corrected chi connectivity index (χ3v) is 4.13. The van der Waals surface area contributed by atoms with E-state index >= 15 is 0 Å². The number of carbonyl (C=O) groups is 3. The predicted molar refractivity (Wildman–Crippen MR) is 114 cm³/mol. The summed E-state index contributed by atoms with van der Waals surface area (Å²) in [7, 11) is 0. The summed E-state index contributed by atoms with van der Waals surface area (Å²) >= 11 is 0. The molecule has 2 rings (SSSR count). The minimum atomic E-state index is -1.12. The van der Waals surface area contributed by atoms with Crippen LogP contribution in [-0.2, 0) is 25.5 Å². The molecule has 0 bridgehead atoms. The van der Waals surface area contributed by atoms with Crippen LogP contribution in [0.1, 0.15) is 19.4 Å². The molecule has 2 aliphatic rings. The average molecular weight is 466 g/mol. The van der Waals surface area contributed by atoms with Gasteiger partial charge in [-0.25, -0.2) is 15.1 Å². The number of hydrogen-bond donors (Lipinski definition) is 4. The molecule has 0 radical (unpaired) electrons. The van der Waals surface area contributed by atoms with Gasteiger partial charge in [0.25, 0.3) is 0 Å². The molecule has 5 N–H and O–H groups in total. The Bertz CT molecular complexity index is 891. The molecule has 0 spiro atoms. The van der Waals surface area contributed by atoms with Crippen LogP contribution in [0, 0.1) is 0 Å². The monoisotopic (exact) mass is 466 g/mol. The van der Waals surface area contributed by atoms with Gasteiger partial charge in [-0.2, -0.15) is 0 Å². The second kappa shape index (κ2) is 12.4. The van der Waals surface area contributed by atoms with Crippen molar-refractivity contribution < 1.29 is 48.4 Å². The Kier molecular flexibility index (Phi) is 9.66. The predicted octanol–water partition coefficient (Wildman–Crippen LogP) is 1.39. The van der Waals surface area contributed by atoms with Crippen molar-refractivity contribution in [1.82, 2.24) is 5.48 Å². The molecule has 0 saturated carbocycles. The number of anilines is 1. The molecule has 12 nitrogen and oxygen atoms in total. The smallest absolute Gasteiger partial charge is 0.434 e. The summed E-state index contributed by atoms with van der Waals surface area (Å²) in [6.07, 6.45) is -3.21. The molecule has 180 valence electrons. The molecule has 1 unspecified atom stereocenters. The summed E-state index contributed by atoms with van der Waals surface area (Å²) in [5.74, 6) is -0.664. The van der Waals surface area contributed by atoms with Crippen molar-refractivity contribution in [3.8, 4) is 22.6 Å². The highest BCUT2D eigenvalue weighted by Gasteiger charge is 2.28. The van der Waals surface area contributed by atoms with Crippen molar-refractivity contribution in [2.45, 2.75) is 26.4 Å². The number of aliphatic hydroxyl groups is 2. The maximum absolute atomic E-state index is 12.1. The van der Waals surface area contributed by atoms with Gasteiger partial charge in [0, 0.05) is 11.1 Å². The van der Waals surface area contributed by atoms with Gasteiger partial charge in [0.15, 0.2) is 11.5 Å². The minimum Gasteiger partial charge on any atom is -0.434 e. The largest absolute Gasteiger partial charge is 0.513 e. The quantitative estimate of drug-likeness (QED) is 0.294. The molecule has 1 amide bonds. The Morgan fingerprint density at radius 1 is 0.970 bits per heavy atom. The first-order valence-electron chi connectivity index (χ1n) is 10.0. The van der Waals surface area contributed by atoms with Crippen LogP contribution in [-0.4, -0.2) is 61.0 Å². The number of hydrogen-bond acceptors (Lipinski definition) is 11. The van der Waals surface area contributed by atoms with E-state index in [0.29, 0.717) is 16.7 Å². The number of nitrogens with two attached hydrogens (primary N) is 1. The van der Waals surface area contributed by atoms with E-state index in [0.717, 1.165) is 0 Å². The molecule has 0 fully saturated rings. The van der Waals surface area contributed by atoms with E-state index in [9.17, 15) is 19.5 Å². The lowest BCUT2D eigenvalue weighted by molar-refractivity contribution is -0.136. The van der Waals surface area contributed by atoms with Crippen molar-refractivity contribution in [3.05, 3.63) is 29.8 Å². The first kappa shape index (κ1) is 25.6. The zero-order valence-electron chi connectivity index (χ0n) is 18.2. The van der Waals surface area contributed by atoms with Gasteiger partial charge in [0.1, 0.15) is 18.4 Å². The topological polar surface area (TPSA) is 176 Å². The maximum atomic E-state index is 12.1. The van der Waals surface area contributed by atoms with Gasteiger partial charge in [-0.1, -0.05) is 24.3 Å². The zero-order chi connectivity index (χ0) is 24.4. The number of hydroxylamine groups is 1. The number of rotatable bonds is 10. The van der Waals surface area contributed by atoms with Gasteiger partial charge >= 0.3 is 12.3 Å². The van der Waals surface area contributed by atoms with Crippen LogP contribution < -0.4 is 20.7 Å². The third kappa shape index (κ3) is 7.20. The second-order valence-electron chi connectivity index (χ2n) is 6.56. The average Bonchev–Trinajstić information content (AvgIpc) is 2.90. The van der Waals surface area contributed by atoms with E-state index in [1.165, 1.54) is 12.1 Å². The molecule has 0 aromatic rings. The van der Waals surface area contributed by atoms with Crippen molar-refractivity contribution in [2.75, 3.05) is 32.2 Å². The molecule has 0 heterocycles. The number of nitrogens with one attached hydrogen (secondary N) is 1. The summed E-state index contributed by atoms with van der Waals surface area (Å²) in [6.45, 7) is 2.59. The van der Waals surface area contributed by atoms with E-state index in [2.05, 4.69) is 5.48 Å². The summed E-state index contributed by atoms with van der Waals surface area (Å²) < 4.78 is 20.0. The van der Waals surface area contributed by atoms with Crippen LogP contribution in [0.2, 0.25) is 0 Å². The lowest BCUT2D eigenvalue weighted by atomic mass is 10.2. The van der Waals surface area contributed by atoms with Gasteiger partial charge in [-0.15, -0.1) is 0 Å². The lowest BCUT2D eigenvalue weighted by Gasteiger charge is -2.08. The Hall–Kier alpha value is -3.61. The number of amides is 1. The molecular weight excluding hydrogens is 440 g/mol. The van der Waals surface area contributed by atoms with Crippen molar-refractivity contribution in [1.29, 1.82) is 0 Å². The standard InChI is InChI=1S/C21H26N2O10/c1-3-29-20(27)32-18-14-7-5-12(9-16(26)23-31-11-13(25)10-24)6-8-15(14)19(17(18)22)33-21(28)30-4-2/h5-8,13,24-25H,3-4,9-11,22H2,1-2H3,(H,23,26). The number of nitrogen functional groups attached to an aromatic ring is 1. The van der Waals surface area contributed by atoms with E-state index in [1.807, 2.05) is 0 Å². The molecule has 0 aromatic carbocycles. The lowest BCUT2D eigenvalue weighted by Crippen LogP contribution is -2.30. The molecule has 2 aliphatic carbocycles. The minimum absolute atomic E-state index is 0.0734. The van der Waals surface area contributed by atoms with Gasteiger partial charge in [0.2, 0.25) is 5.91 Å². The van der Waals surface area contributed by atoms with Crippen LogP contribution in [0.5, 0.6) is 11.5 Å². The number of carbonyl (C=O) groups excluding carboxylic acids is 3. The fraction of sp³-hybridized carbons (Fsp3) is 0.381. The zero-order valence-corrected chi connectivity index (χ0v) is 18.2. The van der Waals surface area contributed by atoms with Gasteiger partial charge < -0.3 is 34.9 Å². The van der Waals surface area contributed by atoms with Gasteiger partial charge in [-0.05, 0) is 19.4 Å². The Morgan fingerprint density at radius 3 is 1.94 bits per heavy atom. The molecule has 33 heavy (non-hydrogen) atoms. The van der Waals surface area contributed by atoms with Crippen LogP contribution in [0.3, 0.4) is 0 Å². The highest BCUT2D eigenvalue weighted by molar-refractivity contribution is 5.95. The van der Waals surface area contributed by atoms with E-state index in [-0.39, 0.29) is 43.4 Å². The highest BCUT2D eigenvalue weighted by Crippen LogP contribution is 2.50. The van der Waals surface area contributed by atoms with E-state index in [1.54, 1.807) is 26.0 Å². The van der Waals surface area contributed by atoms with Crippen LogP contribution >= 0.6 is 0 Å². The first-order valence-corrected chi connectivity index (χ1v) is 10.0. The van der Waals surface area contributed by atoms with Gasteiger partial charge in [-0.3, -0.25) is 9.63 Å². The van der Waals surface area contributed by atoms with Crippen molar-refractivity contribution in [3.63, 3.8) is 0 Å². The molecular formula is C21H26N2O10. The van der Waals surface area contributed by atoms with Gasteiger partial charge in [0.05, 0.1) is 26.2 Å². The fourth-order valence-corrected chi connectivity index (χ4v) is 2.70. The molecule has 0 aliphatic heterocycles. The maximum Gasteiger partial charge on any atom is 0.513 e. The summed E-state index contributed by atoms with van der Waals surface area (Å²) in [5.41, 5.74) is 9.30. The normalized spacial score (nSPS) is 11.5. The summed E-state index contributed by atoms with van der Waals surface area (Å²) in [4.78, 5) is 40.6. The number of fused-ring (bicyclic) bond motifs is 1.